The van der Waals surface area contributed by atoms with Gasteiger partial charge in [0.15, 0.2) is 0 Å². The van der Waals surface area contributed by atoms with Crippen LogP contribution in [0.2, 0.25) is 0 Å². The van der Waals surface area contributed by atoms with E-state index in [0.29, 0.717) is 12.1 Å². The van der Waals surface area contributed by atoms with Gasteiger partial charge in [-0.3, -0.25) is 0 Å². The van der Waals surface area contributed by atoms with E-state index in [1.165, 1.54) is 0 Å². The molecule has 4 N–H and O–H groups in total. The van der Waals surface area contributed by atoms with Gasteiger partial charge in [-0.15, -0.1) is 0 Å². The van der Waals surface area contributed by atoms with Crippen molar-refractivity contribution >= 4 is 5.97 Å². The molecule has 0 bridgehead atoms. The fourth-order valence-electron chi connectivity index (χ4n) is 1.49. The van der Waals surface area contributed by atoms with Crippen LogP contribution in [0, 0.1) is 0 Å². The molecular formula is C11H11F3O5. The van der Waals surface area contributed by atoms with Crippen molar-refractivity contribution in [3.05, 3.63) is 34.9 Å². The summed E-state index contributed by atoms with van der Waals surface area (Å²) in [5, 5.41) is 35.9. The predicted octanol–water partition coefficient (Wildman–Crippen LogP) is 0.790. The number of aromatic carboxylic acids is 1. The van der Waals surface area contributed by atoms with Gasteiger partial charge in [0.05, 0.1) is 17.7 Å². The van der Waals surface area contributed by atoms with Gasteiger partial charge in [0, 0.05) is 0 Å². The first-order valence-corrected chi connectivity index (χ1v) is 5.10. The van der Waals surface area contributed by atoms with Gasteiger partial charge in [-0.1, -0.05) is 6.07 Å². The van der Waals surface area contributed by atoms with Gasteiger partial charge in [0.25, 0.3) is 0 Å². The van der Waals surface area contributed by atoms with Crippen LogP contribution in [-0.2, 0) is 6.18 Å². The fraction of sp³-hybridized carbons (Fsp3) is 0.364. The van der Waals surface area contributed by atoms with Crippen LogP contribution in [0.25, 0.3) is 0 Å². The fourth-order valence-corrected chi connectivity index (χ4v) is 1.49. The highest BCUT2D eigenvalue weighted by Gasteiger charge is 2.36. The lowest BCUT2D eigenvalue weighted by Crippen LogP contribution is -2.23. The predicted molar refractivity (Wildman–Crippen MR) is 56.5 cm³/mol. The maximum absolute atomic E-state index is 12.7. The summed E-state index contributed by atoms with van der Waals surface area (Å²) in [7, 11) is 0. The summed E-state index contributed by atoms with van der Waals surface area (Å²) in [5.74, 6) is -1.75. The van der Waals surface area contributed by atoms with Crippen LogP contribution in [0.4, 0.5) is 13.2 Å². The molecule has 1 aromatic rings. The van der Waals surface area contributed by atoms with Crippen molar-refractivity contribution in [1.29, 1.82) is 0 Å². The van der Waals surface area contributed by atoms with E-state index < -0.39 is 42.1 Å². The molecule has 0 spiro atoms. The highest BCUT2D eigenvalue weighted by atomic mass is 19.4. The van der Waals surface area contributed by atoms with Gasteiger partial charge in [-0.25, -0.2) is 4.79 Å². The molecule has 8 heteroatoms. The average Bonchev–Trinajstić information content (AvgIpc) is 2.35. The van der Waals surface area contributed by atoms with Gasteiger partial charge in [-0.2, -0.15) is 13.2 Å². The molecule has 5 nitrogen and oxygen atoms in total. The Balaban J connectivity index is 3.30. The third-order valence-electron chi connectivity index (χ3n) is 2.47. The van der Waals surface area contributed by atoms with Crippen LogP contribution >= 0.6 is 0 Å². The Morgan fingerprint density at radius 2 is 1.84 bits per heavy atom. The van der Waals surface area contributed by atoms with E-state index in [4.69, 9.17) is 15.3 Å². The number of alkyl halides is 3. The van der Waals surface area contributed by atoms with Crippen LogP contribution in [0.3, 0.4) is 0 Å². The Morgan fingerprint density at radius 1 is 1.26 bits per heavy atom. The van der Waals surface area contributed by atoms with Crippen molar-refractivity contribution in [3.8, 4) is 0 Å². The van der Waals surface area contributed by atoms with Crippen LogP contribution in [-0.4, -0.2) is 39.1 Å². The van der Waals surface area contributed by atoms with Crippen molar-refractivity contribution in [2.24, 2.45) is 0 Å². The molecular weight excluding hydrogens is 269 g/mol. The number of hydrogen-bond donors (Lipinski definition) is 4. The van der Waals surface area contributed by atoms with Crippen molar-refractivity contribution in [2.45, 2.75) is 18.4 Å². The number of hydrogen-bond acceptors (Lipinski definition) is 4. The molecule has 0 aliphatic heterocycles. The largest absolute Gasteiger partial charge is 0.478 e. The summed E-state index contributed by atoms with van der Waals surface area (Å²) in [4.78, 5) is 10.7. The van der Waals surface area contributed by atoms with E-state index in [9.17, 15) is 23.1 Å². The molecule has 106 valence electrons. The lowest BCUT2D eigenvalue weighted by Gasteiger charge is -2.18. The van der Waals surface area contributed by atoms with E-state index in [-0.39, 0.29) is 5.56 Å². The standard InChI is InChI=1S/C11H11F3O5/c12-11(13,14)7-3-5(9(17)8(16)4-15)1-2-6(7)10(18)19/h1-3,8-9,15-17H,4H2,(H,18,19). The summed E-state index contributed by atoms with van der Waals surface area (Å²) in [6.07, 6.45) is -8.31. The zero-order chi connectivity index (χ0) is 14.8. The van der Waals surface area contributed by atoms with Crippen LogP contribution in [0.5, 0.6) is 0 Å². The molecule has 0 aromatic heterocycles. The SMILES string of the molecule is O=C(O)c1ccc(C(O)C(O)CO)cc1C(F)(F)F. The molecule has 1 aromatic carbocycles. The number of carboxylic acid groups (broad SMARTS) is 1. The van der Waals surface area contributed by atoms with Gasteiger partial charge in [0.1, 0.15) is 12.2 Å². The Labute approximate surface area is 105 Å². The summed E-state index contributed by atoms with van der Waals surface area (Å²) in [6, 6.07) is 2.07. The molecule has 0 saturated carbocycles. The van der Waals surface area contributed by atoms with E-state index in [2.05, 4.69) is 0 Å². The normalized spacial score (nSPS) is 15.1. The van der Waals surface area contributed by atoms with Gasteiger partial charge < -0.3 is 20.4 Å². The number of halogens is 3. The van der Waals surface area contributed by atoms with E-state index in [1.807, 2.05) is 0 Å². The molecule has 0 radical (unpaired) electrons. The van der Waals surface area contributed by atoms with Gasteiger partial charge in [0.2, 0.25) is 0 Å². The number of benzene rings is 1. The minimum Gasteiger partial charge on any atom is -0.478 e. The molecule has 0 aliphatic carbocycles. The second-order valence-electron chi connectivity index (χ2n) is 3.80. The number of carbonyl (C=O) groups is 1. The first-order valence-electron chi connectivity index (χ1n) is 5.10. The van der Waals surface area contributed by atoms with Crippen molar-refractivity contribution < 1.29 is 38.4 Å². The summed E-state index contributed by atoms with van der Waals surface area (Å²) in [5.41, 5.74) is -2.72. The highest BCUT2D eigenvalue weighted by molar-refractivity contribution is 5.89. The lowest BCUT2D eigenvalue weighted by atomic mass is 9.98. The first kappa shape index (κ1) is 15.4. The summed E-state index contributed by atoms with van der Waals surface area (Å²) >= 11 is 0. The van der Waals surface area contributed by atoms with Gasteiger partial charge >= 0.3 is 12.1 Å². The smallest absolute Gasteiger partial charge is 0.417 e. The number of aliphatic hydroxyl groups is 3. The molecule has 0 fully saturated rings. The number of aliphatic hydroxyl groups excluding tert-OH is 3. The van der Waals surface area contributed by atoms with E-state index in [1.54, 1.807) is 0 Å². The molecule has 2 unspecified atom stereocenters. The Bertz CT molecular complexity index is 472. The summed E-state index contributed by atoms with van der Waals surface area (Å²) in [6.45, 7) is -0.844. The molecule has 0 saturated heterocycles. The quantitative estimate of drug-likeness (QED) is 0.653. The van der Waals surface area contributed by atoms with Crippen molar-refractivity contribution in [2.75, 3.05) is 6.61 Å². The third kappa shape index (κ3) is 3.43. The lowest BCUT2D eigenvalue weighted by molar-refractivity contribution is -0.138. The minimum absolute atomic E-state index is 0.334. The zero-order valence-electron chi connectivity index (χ0n) is 9.42. The minimum atomic E-state index is -4.91. The maximum Gasteiger partial charge on any atom is 0.417 e. The van der Waals surface area contributed by atoms with Crippen LogP contribution in [0.1, 0.15) is 27.6 Å². The van der Waals surface area contributed by atoms with Gasteiger partial charge in [-0.05, 0) is 17.7 Å². The molecule has 2 atom stereocenters. The molecule has 19 heavy (non-hydrogen) atoms. The van der Waals surface area contributed by atoms with Crippen LogP contribution in [0.15, 0.2) is 18.2 Å². The van der Waals surface area contributed by atoms with E-state index in [0.717, 1.165) is 6.07 Å². The highest BCUT2D eigenvalue weighted by Crippen LogP contribution is 2.34. The number of rotatable bonds is 4. The maximum atomic E-state index is 12.7. The first-order chi connectivity index (χ1) is 8.68. The molecule has 0 aliphatic rings. The second-order valence-corrected chi connectivity index (χ2v) is 3.80. The average molecular weight is 280 g/mol. The zero-order valence-corrected chi connectivity index (χ0v) is 9.42. The topological polar surface area (TPSA) is 98.0 Å². The molecule has 0 heterocycles. The van der Waals surface area contributed by atoms with Crippen molar-refractivity contribution in [1.82, 2.24) is 0 Å². The second kappa shape index (κ2) is 5.55. The summed E-state index contributed by atoms with van der Waals surface area (Å²) < 4.78 is 38.0. The third-order valence-corrected chi connectivity index (χ3v) is 2.47. The monoisotopic (exact) mass is 280 g/mol. The van der Waals surface area contributed by atoms with E-state index >= 15 is 0 Å². The molecule has 1 rings (SSSR count). The van der Waals surface area contributed by atoms with Crippen molar-refractivity contribution in [3.63, 3.8) is 0 Å². The van der Waals surface area contributed by atoms with Crippen LogP contribution < -0.4 is 0 Å². The number of carboxylic acids is 1. The molecule has 0 amide bonds. The Morgan fingerprint density at radius 3 is 2.26 bits per heavy atom. The Kier molecular flexibility index (Phi) is 4.51. The Hall–Kier alpha value is -1.64.